The van der Waals surface area contributed by atoms with Crippen LogP contribution in [0.5, 0.6) is 0 Å². The van der Waals surface area contributed by atoms with Gasteiger partial charge in [0, 0.05) is 24.0 Å². The predicted octanol–water partition coefficient (Wildman–Crippen LogP) is 4.46. The lowest BCUT2D eigenvalue weighted by molar-refractivity contribution is 0.102. The van der Waals surface area contributed by atoms with E-state index in [-0.39, 0.29) is 18.3 Å². The number of amides is 1. The molecular formula is C19H26ClN3O. The first kappa shape index (κ1) is 20.1. The van der Waals surface area contributed by atoms with Crippen LogP contribution in [0.1, 0.15) is 66.7 Å². The number of hydrogen-bond acceptors (Lipinski definition) is 3. The first-order valence-electron chi connectivity index (χ1n) is 8.02. The predicted molar refractivity (Wildman–Crippen MR) is 102 cm³/mol. The van der Waals surface area contributed by atoms with Crippen LogP contribution in [-0.2, 0) is 6.54 Å². The maximum atomic E-state index is 12.5. The van der Waals surface area contributed by atoms with Gasteiger partial charge in [0.2, 0.25) is 0 Å². The second-order valence-corrected chi connectivity index (χ2v) is 6.35. The number of pyridine rings is 1. The molecule has 0 fully saturated rings. The zero-order valence-electron chi connectivity index (χ0n) is 14.7. The zero-order chi connectivity index (χ0) is 17.0. The summed E-state index contributed by atoms with van der Waals surface area (Å²) in [7, 11) is 0. The number of carbonyl (C=O) groups is 1. The zero-order valence-corrected chi connectivity index (χ0v) is 15.5. The summed E-state index contributed by atoms with van der Waals surface area (Å²) < 4.78 is 0. The molecule has 1 aromatic heterocycles. The molecular weight excluding hydrogens is 322 g/mol. The van der Waals surface area contributed by atoms with E-state index < -0.39 is 0 Å². The second kappa shape index (κ2) is 8.81. The molecule has 1 aromatic carbocycles. The maximum absolute atomic E-state index is 12.5. The normalized spacial score (nSPS) is 10.6. The molecule has 0 unspecified atom stereocenters. The SMILES string of the molecule is CC(C)c1ccc(NC(=O)c2ccnc(CN)c2)c(C(C)C)c1.Cl. The molecule has 0 saturated carbocycles. The largest absolute Gasteiger partial charge is 0.325 e. The fourth-order valence-electron chi connectivity index (χ4n) is 2.46. The highest BCUT2D eigenvalue weighted by Gasteiger charge is 2.13. The summed E-state index contributed by atoms with van der Waals surface area (Å²) in [6.07, 6.45) is 1.61. The van der Waals surface area contributed by atoms with Crippen LogP contribution in [0.15, 0.2) is 36.5 Å². The molecule has 24 heavy (non-hydrogen) atoms. The van der Waals surface area contributed by atoms with Gasteiger partial charge in [-0.2, -0.15) is 0 Å². The molecule has 1 heterocycles. The average Bonchev–Trinajstić information content (AvgIpc) is 2.54. The van der Waals surface area contributed by atoms with Crippen LogP contribution in [-0.4, -0.2) is 10.9 Å². The summed E-state index contributed by atoms with van der Waals surface area (Å²) >= 11 is 0. The molecule has 0 atom stereocenters. The van der Waals surface area contributed by atoms with Crippen molar-refractivity contribution in [3.63, 3.8) is 0 Å². The van der Waals surface area contributed by atoms with Crippen molar-refractivity contribution in [3.8, 4) is 0 Å². The van der Waals surface area contributed by atoms with Gasteiger partial charge in [-0.25, -0.2) is 0 Å². The molecule has 2 aromatic rings. The molecule has 0 radical (unpaired) electrons. The molecule has 0 spiro atoms. The number of hydrogen-bond donors (Lipinski definition) is 2. The summed E-state index contributed by atoms with van der Waals surface area (Å²) in [5.41, 5.74) is 10.2. The Morgan fingerprint density at radius 1 is 1.12 bits per heavy atom. The number of carbonyl (C=O) groups excluding carboxylic acids is 1. The molecule has 2 rings (SSSR count). The number of anilines is 1. The third kappa shape index (κ3) is 4.79. The number of nitrogens with two attached hydrogens (primary N) is 1. The highest BCUT2D eigenvalue weighted by molar-refractivity contribution is 6.04. The van der Waals surface area contributed by atoms with Gasteiger partial charge in [0.25, 0.3) is 5.91 Å². The minimum Gasteiger partial charge on any atom is -0.325 e. The molecule has 5 heteroatoms. The van der Waals surface area contributed by atoms with E-state index in [0.29, 0.717) is 29.6 Å². The third-order valence-electron chi connectivity index (χ3n) is 3.90. The Morgan fingerprint density at radius 3 is 2.42 bits per heavy atom. The topological polar surface area (TPSA) is 68.0 Å². The Balaban J connectivity index is 0.00000288. The van der Waals surface area contributed by atoms with Crippen molar-refractivity contribution in [1.29, 1.82) is 0 Å². The van der Waals surface area contributed by atoms with Crippen LogP contribution in [0.2, 0.25) is 0 Å². The van der Waals surface area contributed by atoms with E-state index in [1.807, 2.05) is 6.07 Å². The van der Waals surface area contributed by atoms with Crippen LogP contribution >= 0.6 is 12.4 Å². The lowest BCUT2D eigenvalue weighted by atomic mass is 9.94. The number of nitrogens with one attached hydrogen (secondary N) is 1. The van der Waals surface area contributed by atoms with Crippen LogP contribution in [0.4, 0.5) is 5.69 Å². The van der Waals surface area contributed by atoms with Crippen molar-refractivity contribution < 1.29 is 4.79 Å². The molecule has 3 N–H and O–H groups in total. The molecule has 0 aliphatic carbocycles. The van der Waals surface area contributed by atoms with E-state index in [4.69, 9.17) is 5.73 Å². The third-order valence-corrected chi connectivity index (χ3v) is 3.90. The first-order chi connectivity index (χ1) is 10.9. The van der Waals surface area contributed by atoms with Gasteiger partial charge in [-0.15, -0.1) is 12.4 Å². The number of halogens is 1. The minimum absolute atomic E-state index is 0. The number of benzene rings is 1. The summed E-state index contributed by atoms with van der Waals surface area (Å²) in [4.78, 5) is 16.6. The molecule has 0 aliphatic heterocycles. The van der Waals surface area contributed by atoms with Crippen molar-refractivity contribution in [2.75, 3.05) is 5.32 Å². The Morgan fingerprint density at radius 2 is 1.83 bits per heavy atom. The molecule has 1 amide bonds. The van der Waals surface area contributed by atoms with Gasteiger partial charge in [0.15, 0.2) is 0 Å². The second-order valence-electron chi connectivity index (χ2n) is 6.35. The first-order valence-corrected chi connectivity index (χ1v) is 8.02. The molecule has 4 nitrogen and oxygen atoms in total. The van der Waals surface area contributed by atoms with Gasteiger partial charge in [0.1, 0.15) is 0 Å². The van der Waals surface area contributed by atoms with E-state index >= 15 is 0 Å². The maximum Gasteiger partial charge on any atom is 0.255 e. The summed E-state index contributed by atoms with van der Waals surface area (Å²) in [5, 5.41) is 3.02. The van der Waals surface area contributed by atoms with Crippen LogP contribution < -0.4 is 11.1 Å². The summed E-state index contributed by atoms with van der Waals surface area (Å²) in [6, 6.07) is 9.68. The Bertz CT molecular complexity index is 699. The fourth-order valence-corrected chi connectivity index (χ4v) is 2.46. The Labute approximate surface area is 150 Å². The van der Waals surface area contributed by atoms with Crippen molar-refractivity contribution in [1.82, 2.24) is 4.98 Å². The fraction of sp³-hybridized carbons (Fsp3) is 0.368. The van der Waals surface area contributed by atoms with Crippen LogP contribution in [0.25, 0.3) is 0 Å². The molecule has 0 aliphatic rings. The molecule has 0 saturated heterocycles. The van der Waals surface area contributed by atoms with Crippen molar-refractivity contribution in [2.45, 2.75) is 46.1 Å². The standard InChI is InChI=1S/C19H25N3O.ClH/c1-12(2)14-5-6-18(17(10-14)13(3)4)22-19(23)15-7-8-21-16(9-15)11-20;/h5-10,12-13H,11,20H2,1-4H3,(H,22,23);1H. The van der Waals surface area contributed by atoms with Gasteiger partial charge in [0.05, 0.1) is 5.69 Å². The van der Waals surface area contributed by atoms with Gasteiger partial charge in [-0.1, -0.05) is 39.8 Å². The highest BCUT2D eigenvalue weighted by atomic mass is 35.5. The Kier molecular flexibility index (Phi) is 7.39. The smallest absolute Gasteiger partial charge is 0.255 e. The van der Waals surface area contributed by atoms with E-state index in [1.54, 1.807) is 18.3 Å². The van der Waals surface area contributed by atoms with Gasteiger partial charge < -0.3 is 11.1 Å². The molecule has 0 bridgehead atoms. The van der Waals surface area contributed by atoms with E-state index in [1.165, 1.54) is 5.56 Å². The lowest BCUT2D eigenvalue weighted by Crippen LogP contribution is -2.15. The van der Waals surface area contributed by atoms with Crippen molar-refractivity contribution in [2.24, 2.45) is 5.73 Å². The monoisotopic (exact) mass is 347 g/mol. The van der Waals surface area contributed by atoms with Crippen LogP contribution in [0.3, 0.4) is 0 Å². The Hall–Kier alpha value is -1.91. The summed E-state index contributed by atoms with van der Waals surface area (Å²) in [6.45, 7) is 8.93. The van der Waals surface area contributed by atoms with Crippen molar-refractivity contribution >= 4 is 24.0 Å². The number of nitrogens with zero attached hydrogens (tertiary/aromatic N) is 1. The van der Waals surface area contributed by atoms with Crippen LogP contribution in [0, 0.1) is 0 Å². The van der Waals surface area contributed by atoms with Crippen molar-refractivity contribution in [3.05, 3.63) is 58.9 Å². The van der Waals surface area contributed by atoms with Gasteiger partial charge in [-0.05, 0) is 41.2 Å². The van der Waals surface area contributed by atoms with E-state index in [2.05, 4.69) is 50.1 Å². The summed E-state index contributed by atoms with van der Waals surface area (Å²) in [5.74, 6) is 0.659. The van der Waals surface area contributed by atoms with Gasteiger partial charge >= 0.3 is 0 Å². The van der Waals surface area contributed by atoms with E-state index in [0.717, 1.165) is 11.3 Å². The quantitative estimate of drug-likeness (QED) is 0.838. The number of rotatable bonds is 5. The minimum atomic E-state index is -0.138. The number of aromatic nitrogens is 1. The van der Waals surface area contributed by atoms with Gasteiger partial charge in [-0.3, -0.25) is 9.78 Å². The lowest BCUT2D eigenvalue weighted by Gasteiger charge is -2.17. The average molecular weight is 348 g/mol. The van der Waals surface area contributed by atoms with E-state index in [9.17, 15) is 4.79 Å². The highest BCUT2D eigenvalue weighted by Crippen LogP contribution is 2.28. The molecule has 130 valence electrons.